The second-order valence-corrected chi connectivity index (χ2v) is 5.96. The average molecular weight is 343 g/mol. The Morgan fingerprint density at radius 1 is 1.40 bits per heavy atom. The van der Waals surface area contributed by atoms with E-state index in [9.17, 15) is 9.18 Å². The molecule has 1 aliphatic rings. The topological polar surface area (TPSA) is 74.5 Å². The molecule has 1 aromatic carbocycles. The molecule has 0 fully saturated rings. The Hall–Kier alpha value is -2.76. The van der Waals surface area contributed by atoms with Crippen LogP contribution in [0.15, 0.2) is 46.9 Å². The number of hydrogen-bond acceptors (Lipinski definition) is 5. The molecule has 0 aromatic heterocycles. The summed E-state index contributed by atoms with van der Waals surface area (Å²) in [5.41, 5.74) is 2.11. The first-order valence-corrected chi connectivity index (χ1v) is 8.13. The molecule has 1 aliphatic heterocycles. The maximum Gasteiger partial charge on any atom is 0.357 e. The number of nitrogens with zero attached hydrogens (tertiary/aromatic N) is 1. The number of hydrogen-bond donors (Lipinski definition) is 2. The molecule has 1 aromatic rings. The first-order valence-electron chi connectivity index (χ1n) is 8.13. The lowest BCUT2D eigenvalue weighted by Crippen LogP contribution is -2.28. The standard InChI is InChI=1S/C19H22FN3O2/c1-5-25-19(24)16-10-15(11(2)3)22-18(23-16)17(12(4)21)13-7-6-8-14(20)9-13/h6-11,21-22H,5H2,1-4H3/b18-17-,21-12?. The fraction of sp³-hybridized carbons (Fsp3) is 0.316. The highest BCUT2D eigenvalue weighted by Gasteiger charge is 2.22. The van der Waals surface area contributed by atoms with E-state index in [0.717, 1.165) is 5.70 Å². The second kappa shape index (κ2) is 7.88. The van der Waals surface area contributed by atoms with Crippen LogP contribution in [0.25, 0.3) is 5.57 Å². The number of carbonyl (C=O) groups excluding carboxylic acids is 1. The van der Waals surface area contributed by atoms with Gasteiger partial charge in [-0.25, -0.2) is 14.2 Å². The fourth-order valence-corrected chi connectivity index (χ4v) is 2.41. The number of esters is 1. The van der Waals surface area contributed by atoms with Gasteiger partial charge < -0.3 is 15.5 Å². The Balaban J connectivity index is 2.62. The zero-order chi connectivity index (χ0) is 18.6. The summed E-state index contributed by atoms with van der Waals surface area (Å²) in [5.74, 6) is -0.482. The van der Waals surface area contributed by atoms with Crippen molar-refractivity contribution in [2.45, 2.75) is 27.7 Å². The fourth-order valence-electron chi connectivity index (χ4n) is 2.41. The average Bonchev–Trinajstić information content (AvgIpc) is 2.54. The van der Waals surface area contributed by atoms with Gasteiger partial charge in [0.1, 0.15) is 11.6 Å². The Bertz CT molecular complexity index is 792. The van der Waals surface area contributed by atoms with E-state index in [4.69, 9.17) is 10.1 Å². The second-order valence-electron chi connectivity index (χ2n) is 5.96. The first-order chi connectivity index (χ1) is 11.8. The van der Waals surface area contributed by atoms with Gasteiger partial charge in [-0.05, 0) is 43.5 Å². The van der Waals surface area contributed by atoms with Crippen LogP contribution >= 0.6 is 0 Å². The van der Waals surface area contributed by atoms with E-state index in [1.807, 2.05) is 13.8 Å². The van der Waals surface area contributed by atoms with Gasteiger partial charge in [0, 0.05) is 17.0 Å². The van der Waals surface area contributed by atoms with Crippen molar-refractivity contribution in [3.63, 3.8) is 0 Å². The van der Waals surface area contributed by atoms with Crippen molar-refractivity contribution in [2.24, 2.45) is 10.9 Å². The van der Waals surface area contributed by atoms with Gasteiger partial charge in [0.05, 0.1) is 6.61 Å². The van der Waals surface area contributed by atoms with Crippen LogP contribution in [0.4, 0.5) is 4.39 Å². The van der Waals surface area contributed by atoms with Crippen molar-refractivity contribution in [3.8, 4) is 0 Å². The summed E-state index contributed by atoms with van der Waals surface area (Å²) in [7, 11) is 0. The zero-order valence-electron chi connectivity index (χ0n) is 14.8. The van der Waals surface area contributed by atoms with Crippen LogP contribution < -0.4 is 5.32 Å². The lowest BCUT2D eigenvalue weighted by Gasteiger charge is -2.22. The summed E-state index contributed by atoms with van der Waals surface area (Å²) in [6.07, 6.45) is 1.65. The van der Waals surface area contributed by atoms with Crippen LogP contribution in [0, 0.1) is 17.1 Å². The molecule has 5 nitrogen and oxygen atoms in total. The summed E-state index contributed by atoms with van der Waals surface area (Å²) < 4.78 is 18.7. The maximum atomic E-state index is 13.6. The molecule has 0 amide bonds. The lowest BCUT2D eigenvalue weighted by atomic mass is 10.00. The Morgan fingerprint density at radius 2 is 2.12 bits per heavy atom. The van der Waals surface area contributed by atoms with Crippen molar-refractivity contribution < 1.29 is 13.9 Å². The molecular formula is C19H22FN3O2. The normalized spacial score (nSPS) is 15.9. The quantitative estimate of drug-likeness (QED) is 0.632. The SMILES string of the molecule is CCOC(=O)C1=N/C(=C(/C(C)=N)c2cccc(F)c2)NC(C(C)C)=C1. The molecule has 0 aliphatic carbocycles. The van der Waals surface area contributed by atoms with E-state index in [2.05, 4.69) is 10.3 Å². The third-order valence-electron chi connectivity index (χ3n) is 3.62. The van der Waals surface area contributed by atoms with Gasteiger partial charge in [-0.15, -0.1) is 0 Å². The predicted octanol–water partition coefficient (Wildman–Crippen LogP) is 3.68. The third-order valence-corrected chi connectivity index (χ3v) is 3.62. The monoisotopic (exact) mass is 343 g/mol. The van der Waals surface area contributed by atoms with Gasteiger partial charge in [-0.2, -0.15) is 0 Å². The molecule has 0 unspecified atom stereocenters. The molecule has 25 heavy (non-hydrogen) atoms. The van der Waals surface area contributed by atoms with E-state index in [0.29, 0.717) is 17.0 Å². The van der Waals surface area contributed by atoms with Crippen LogP contribution in [0.3, 0.4) is 0 Å². The molecule has 0 bridgehead atoms. The zero-order valence-corrected chi connectivity index (χ0v) is 14.8. The molecule has 0 saturated heterocycles. The van der Waals surface area contributed by atoms with Gasteiger partial charge in [-0.3, -0.25) is 0 Å². The number of rotatable bonds is 5. The van der Waals surface area contributed by atoms with E-state index in [1.54, 1.807) is 32.1 Å². The highest BCUT2D eigenvalue weighted by atomic mass is 19.1. The van der Waals surface area contributed by atoms with Crippen LogP contribution in [0.1, 0.15) is 33.3 Å². The molecule has 132 valence electrons. The summed E-state index contributed by atoms with van der Waals surface area (Å²) >= 11 is 0. The van der Waals surface area contributed by atoms with Crippen LogP contribution in [0.2, 0.25) is 0 Å². The molecule has 2 N–H and O–H groups in total. The van der Waals surface area contributed by atoms with Crippen molar-refractivity contribution in [1.29, 1.82) is 5.41 Å². The lowest BCUT2D eigenvalue weighted by molar-refractivity contribution is -0.134. The van der Waals surface area contributed by atoms with Crippen molar-refractivity contribution in [2.75, 3.05) is 6.61 Å². The van der Waals surface area contributed by atoms with E-state index in [-0.39, 0.29) is 23.9 Å². The molecule has 0 atom stereocenters. The summed E-state index contributed by atoms with van der Waals surface area (Å²) in [6, 6.07) is 5.96. The molecule has 6 heteroatoms. The number of carbonyl (C=O) groups is 1. The predicted molar refractivity (Wildman–Crippen MR) is 96.8 cm³/mol. The van der Waals surface area contributed by atoms with Crippen molar-refractivity contribution in [1.82, 2.24) is 5.32 Å². The Morgan fingerprint density at radius 3 is 2.68 bits per heavy atom. The third kappa shape index (κ3) is 4.41. The van der Waals surface area contributed by atoms with Gasteiger partial charge in [0.2, 0.25) is 0 Å². The highest BCUT2D eigenvalue weighted by molar-refractivity contribution is 6.42. The molecule has 1 heterocycles. The minimum absolute atomic E-state index is 0.106. The van der Waals surface area contributed by atoms with Crippen LogP contribution in [-0.2, 0) is 9.53 Å². The molecule has 0 saturated carbocycles. The van der Waals surface area contributed by atoms with E-state index in [1.165, 1.54) is 12.1 Å². The van der Waals surface area contributed by atoms with E-state index < -0.39 is 11.8 Å². The van der Waals surface area contributed by atoms with Crippen LogP contribution in [-0.4, -0.2) is 24.0 Å². The number of nitrogens with one attached hydrogen (secondary N) is 2. The number of aliphatic imine (C=N–C) groups is 1. The highest BCUT2D eigenvalue weighted by Crippen LogP contribution is 2.25. The van der Waals surface area contributed by atoms with Gasteiger partial charge in [0.15, 0.2) is 5.71 Å². The minimum Gasteiger partial charge on any atom is -0.461 e. The van der Waals surface area contributed by atoms with Crippen molar-refractivity contribution in [3.05, 3.63) is 53.2 Å². The minimum atomic E-state index is -0.527. The Labute approximate surface area is 146 Å². The molecule has 2 rings (SSSR count). The summed E-state index contributed by atoms with van der Waals surface area (Å²) in [6.45, 7) is 7.52. The van der Waals surface area contributed by atoms with Crippen molar-refractivity contribution >= 4 is 23.0 Å². The number of benzene rings is 1. The van der Waals surface area contributed by atoms with Gasteiger partial charge in [-0.1, -0.05) is 26.0 Å². The summed E-state index contributed by atoms with van der Waals surface area (Å²) in [5, 5.41) is 11.3. The number of ether oxygens (including phenoxy) is 1. The smallest absolute Gasteiger partial charge is 0.357 e. The molecule has 0 radical (unpaired) electrons. The Kier molecular flexibility index (Phi) is 5.85. The molecular weight excluding hydrogens is 321 g/mol. The molecule has 0 spiro atoms. The maximum absolute atomic E-state index is 13.6. The van der Waals surface area contributed by atoms with Gasteiger partial charge >= 0.3 is 5.97 Å². The summed E-state index contributed by atoms with van der Waals surface area (Å²) in [4.78, 5) is 16.5. The largest absolute Gasteiger partial charge is 0.461 e. The first kappa shape index (κ1) is 18.6. The number of allylic oxidation sites excluding steroid dienone is 2. The number of halogens is 1. The van der Waals surface area contributed by atoms with Crippen LogP contribution in [0.5, 0.6) is 0 Å². The van der Waals surface area contributed by atoms with E-state index >= 15 is 0 Å². The van der Waals surface area contributed by atoms with Gasteiger partial charge in [0.25, 0.3) is 0 Å².